The first kappa shape index (κ1) is 48.5. The molecule has 8 amide bonds. The van der Waals surface area contributed by atoms with Crippen molar-refractivity contribution in [3.8, 4) is 11.5 Å². The zero-order valence-corrected chi connectivity index (χ0v) is 36.1. The van der Waals surface area contributed by atoms with Crippen molar-refractivity contribution in [2.75, 3.05) is 36.9 Å². The molecule has 3 aliphatic rings. The van der Waals surface area contributed by atoms with E-state index in [1.54, 1.807) is 12.1 Å². The normalized spacial score (nSPS) is 15.2. The first-order valence-electron chi connectivity index (χ1n) is 21.5. The van der Waals surface area contributed by atoms with Crippen molar-refractivity contribution in [2.24, 2.45) is 11.7 Å². The number of hydrogen-bond donors (Lipinski definition) is 9. The van der Waals surface area contributed by atoms with E-state index in [-0.39, 0.29) is 98.0 Å². The standard InChI is InChI=1S/C46H49N7O14/c47-45(65)48-18-5-8-31(51-34(57)21-49-33(56)9-2-1-3-19-53-35(58)16-17-36(53)59)44(64)50-26-13-10-24(11-14-26)23-67-46(66)52-30-7-4-6-28-37(30)43(63)39-38(41(28)61)42(62)29-20-25(32(55)22-54)12-15-27(29)40(39)60/h4,6-7,10-11,13-14,16-17,25,31,54,60,62H,1-3,5,8-9,12,15,18-23H2,(H,49,56)(H,50,64)(H,51,57)(H,52,66)(H3,47,48,65)/t25-,31?/m0/s1. The number of aliphatic hydroxyl groups is 1. The summed E-state index contributed by atoms with van der Waals surface area (Å²) < 4.78 is 5.37. The number of ether oxygens (including phenoxy) is 1. The molecular formula is C46H49N7O14. The number of unbranched alkanes of at least 4 members (excludes halogenated alkanes) is 2. The van der Waals surface area contributed by atoms with Crippen LogP contribution in [-0.4, -0.2) is 112 Å². The Kier molecular flexibility index (Phi) is 15.8. The summed E-state index contributed by atoms with van der Waals surface area (Å²) in [6.45, 7) is -1.04. The summed E-state index contributed by atoms with van der Waals surface area (Å²) in [7, 11) is 0. The fourth-order valence-corrected chi connectivity index (χ4v) is 8.07. The number of primary amides is 1. The molecule has 0 radical (unpaired) electrons. The van der Waals surface area contributed by atoms with Crippen molar-refractivity contribution < 1.29 is 68.0 Å². The lowest BCUT2D eigenvalue weighted by Crippen LogP contribution is -2.47. The highest BCUT2D eigenvalue weighted by Crippen LogP contribution is 2.47. The van der Waals surface area contributed by atoms with E-state index in [1.165, 1.54) is 42.5 Å². The number of amides is 8. The molecule has 3 aromatic carbocycles. The molecule has 352 valence electrons. The Labute approximate surface area is 382 Å². The lowest BCUT2D eigenvalue weighted by atomic mass is 9.74. The maximum atomic E-state index is 13.9. The van der Waals surface area contributed by atoms with E-state index in [9.17, 15) is 63.3 Å². The largest absolute Gasteiger partial charge is 0.507 e. The fraction of sp³-hybridized carbons (Fsp3) is 0.348. The van der Waals surface area contributed by atoms with Crippen molar-refractivity contribution in [2.45, 2.75) is 70.4 Å². The van der Waals surface area contributed by atoms with Crippen LogP contribution >= 0.6 is 0 Å². The summed E-state index contributed by atoms with van der Waals surface area (Å²) in [5, 5.41) is 44.5. The highest BCUT2D eigenvalue weighted by molar-refractivity contribution is 6.32. The number of anilines is 2. The second-order valence-corrected chi connectivity index (χ2v) is 16.0. The predicted octanol–water partition coefficient (Wildman–Crippen LogP) is 1.76. The number of rotatable bonds is 20. The lowest BCUT2D eigenvalue weighted by Gasteiger charge is -2.29. The number of nitrogens with one attached hydrogen (secondary N) is 5. The molecular weight excluding hydrogens is 875 g/mol. The minimum Gasteiger partial charge on any atom is -0.507 e. The fourth-order valence-electron chi connectivity index (χ4n) is 8.07. The zero-order chi connectivity index (χ0) is 48.4. The summed E-state index contributed by atoms with van der Waals surface area (Å²) in [5.41, 5.74) is 4.96. The first-order valence-corrected chi connectivity index (χ1v) is 21.5. The second kappa shape index (κ2) is 21.8. The Balaban J connectivity index is 1.00. The van der Waals surface area contributed by atoms with E-state index >= 15 is 0 Å². The van der Waals surface area contributed by atoms with Gasteiger partial charge in [0.1, 0.15) is 30.8 Å². The number of fused-ring (bicyclic) bond motifs is 3. The summed E-state index contributed by atoms with van der Waals surface area (Å²) >= 11 is 0. The Morgan fingerprint density at radius 2 is 1.49 bits per heavy atom. The van der Waals surface area contributed by atoms with Crippen LogP contribution in [0.2, 0.25) is 0 Å². The monoisotopic (exact) mass is 923 g/mol. The van der Waals surface area contributed by atoms with Gasteiger partial charge >= 0.3 is 12.1 Å². The number of nitrogens with two attached hydrogens (primary N) is 1. The predicted molar refractivity (Wildman–Crippen MR) is 236 cm³/mol. The molecule has 0 aromatic heterocycles. The average molecular weight is 924 g/mol. The number of aromatic hydroxyl groups is 2. The second-order valence-electron chi connectivity index (χ2n) is 16.0. The molecule has 0 saturated carbocycles. The highest BCUT2D eigenvalue weighted by Gasteiger charge is 2.41. The summed E-state index contributed by atoms with van der Waals surface area (Å²) in [6, 6.07) is 8.38. The van der Waals surface area contributed by atoms with Gasteiger partial charge in [0, 0.05) is 60.0 Å². The van der Waals surface area contributed by atoms with Crippen LogP contribution < -0.4 is 32.3 Å². The number of benzene rings is 3. The third-order valence-electron chi connectivity index (χ3n) is 11.5. The number of imide groups is 1. The van der Waals surface area contributed by atoms with Crippen LogP contribution in [0.5, 0.6) is 11.5 Å². The van der Waals surface area contributed by atoms with Crippen LogP contribution in [0.1, 0.15) is 93.5 Å². The molecule has 0 spiro atoms. The molecule has 2 aliphatic carbocycles. The van der Waals surface area contributed by atoms with Crippen LogP contribution in [0.15, 0.2) is 54.6 Å². The number of phenolic OH excluding ortho intramolecular Hbond substituents is 2. The summed E-state index contributed by atoms with van der Waals surface area (Å²) in [5.74, 6) is -6.17. The molecule has 67 heavy (non-hydrogen) atoms. The maximum Gasteiger partial charge on any atom is 0.411 e. The highest BCUT2D eigenvalue weighted by atomic mass is 16.5. The number of phenols is 2. The van der Waals surface area contributed by atoms with Gasteiger partial charge in [-0.15, -0.1) is 0 Å². The van der Waals surface area contributed by atoms with Crippen LogP contribution in [-0.2, 0) is 53.0 Å². The Hall–Kier alpha value is -7.94. The van der Waals surface area contributed by atoms with E-state index in [4.69, 9.17) is 10.5 Å². The van der Waals surface area contributed by atoms with Gasteiger partial charge in [-0.3, -0.25) is 48.6 Å². The molecule has 0 bridgehead atoms. The van der Waals surface area contributed by atoms with E-state index in [1.807, 2.05) is 0 Å². The number of urea groups is 1. The quantitative estimate of drug-likeness (QED) is 0.0347. The molecule has 1 heterocycles. The molecule has 6 rings (SSSR count). The van der Waals surface area contributed by atoms with Crippen molar-refractivity contribution in [3.63, 3.8) is 0 Å². The van der Waals surface area contributed by atoms with Gasteiger partial charge in [-0.25, -0.2) is 9.59 Å². The van der Waals surface area contributed by atoms with Gasteiger partial charge in [-0.2, -0.15) is 0 Å². The van der Waals surface area contributed by atoms with Gasteiger partial charge in [-0.05, 0) is 68.7 Å². The number of nitrogens with zero attached hydrogens (tertiary/aromatic N) is 1. The Bertz CT molecular complexity index is 2540. The molecule has 0 saturated heterocycles. The number of carbonyl (C=O) groups excluding carboxylic acids is 10. The van der Waals surface area contributed by atoms with Crippen molar-refractivity contribution in [1.82, 2.24) is 20.9 Å². The molecule has 0 fully saturated rings. The SMILES string of the molecule is NC(=O)NCCCC(NC(=O)CNC(=O)CCCCCN1C(=O)C=CC1=O)C(=O)Nc1ccc(COC(=O)Nc2cccc3c2C(=O)c2c(O)c4c(c(O)c2C3=O)C[C@@H](C(=O)CO)CC4)cc1. The summed E-state index contributed by atoms with van der Waals surface area (Å²) in [6.07, 6.45) is 3.67. The number of ketones is 3. The molecule has 10 N–H and O–H groups in total. The third kappa shape index (κ3) is 11.7. The Morgan fingerprint density at radius 3 is 2.19 bits per heavy atom. The van der Waals surface area contributed by atoms with E-state index in [0.29, 0.717) is 30.5 Å². The van der Waals surface area contributed by atoms with Gasteiger partial charge < -0.3 is 47.1 Å². The smallest absolute Gasteiger partial charge is 0.411 e. The van der Waals surface area contributed by atoms with Gasteiger partial charge in [0.2, 0.25) is 17.7 Å². The van der Waals surface area contributed by atoms with Crippen molar-refractivity contribution in [3.05, 3.63) is 93.6 Å². The lowest BCUT2D eigenvalue weighted by molar-refractivity contribution is -0.137. The van der Waals surface area contributed by atoms with Gasteiger partial charge in [-0.1, -0.05) is 30.7 Å². The number of aliphatic hydroxyl groups excluding tert-OH is 1. The van der Waals surface area contributed by atoms with E-state index in [0.717, 1.165) is 4.90 Å². The first-order chi connectivity index (χ1) is 32.1. The summed E-state index contributed by atoms with van der Waals surface area (Å²) in [4.78, 5) is 127. The average Bonchev–Trinajstić information content (AvgIpc) is 3.63. The number of carbonyl (C=O) groups is 10. The zero-order valence-electron chi connectivity index (χ0n) is 36.1. The third-order valence-corrected chi connectivity index (χ3v) is 11.5. The van der Waals surface area contributed by atoms with Crippen LogP contribution in [0.4, 0.5) is 21.0 Å². The number of hydrogen-bond acceptors (Lipinski definition) is 14. The van der Waals surface area contributed by atoms with Crippen molar-refractivity contribution >= 4 is 70.4 Å². The molecule has 3 aromatic rings. The van der Waals surface area contributed by atoms with Crippen LogP contribution in [0.3, 0.4) is 0 Å². The van der Waals surface area contributed by atoms with Crippen LogP contribution in [0, 0.1) is 5.92 Å². The number of Topliss-reactive ketones (excluding diaryl/α,β-unsaturated/α-hetero) is 1. The molecule has 1 unspecified atom stereocenters. The van der Waals surface area contributed by atoms with Crippen LogP contribution in [0.25, 0.3) is 0 Å². The van der Waals surface area contributed by atoms with Gasteiger partial charge in [0.05, 0.1) is 28.9 Å². The molecule has 21 nitrogen and oxygen atoms in total. The van der Waals surface area contributed by atoms with E-state index in [2.05, 4.69) is 26.6 Å². The minimum absolute atomic E-state index is 0.0379. The van der Waals surface area contributed by atoms with Crippen molar-refractivity contribution in [1.29, 1.82) is 0 Å². The maximum absolute atomic E-state index is 13.9. The van der Waals surface area contributed by atoms with Gasteiger partial charge in [0.15, 0.2) is 17.3 Å². The Morgan fingerprint density at radius 1 is 0.791 bits per heavy atom. The van der Waals surface area contributed by atoms with E-state index < -0.39 is 94.9 Å². The molecule has 2 atom stereocenters. The molecule has 1 aliphatic heterocycles. The minimum atomic E-state index is -1.09. The topological polar surface area (TPSA) is 330 Å². The molecule has 21 heteroatoms. The van der Waals surface area contributed by atoms with Gasteiger partial charge in [0.25, 0.3) is 11.8 Å².